The number of hydrogen-bond acceptors (Lipinski definition) is 5. The molecule has 0 spiro atoms. The minimum atomic E-state index is 0. The first kappa shape index (κ1) is 26.8. The van der Waals surface area contributed by atoms with Crippen LogP contribution in [0.3, 0.4) is 0 Å². The van der Waals surface area contributed by atoms with Crippen LogP contribution in [-0.2, 0) is 0 Å². The van der Waals surface area contributed by atoms with Crippen LogP contribution in [0.1, 0.15) is 40.0 Å². The Hall–Kier alpha value is -1.42. The van der Waals surface area contributed by atoms with Gasteiger partial charge in [-0.15, -0.1) is 24.0 Å². The van der Waals surface area contributed by atoms with Gasteiger partial charge in [0, 0.05) is 68.7 Å². The van der Waals surface area contributed by atoms with Crippen LogP contribution in [0.25, 0.3) is 0 Å². The zero-order valence-electron chi connectivity index (χ0n) is 20.4. The Morgan fingerprint density at radius 2 is 1.81 bits per heavy atom. The lowest BCUT2D eigenvalue weighted by Crippen LogP contribution is -2.45. The second kappa shape index (κ2) is 13.3. The van der Waals surface area contributed by atoms with E-state index in [2.05, 4.69) is 53.3 Å². The van der Waals surface area contributed by atoms with Crippen molar-refractivity contribution in [3.05, 3.63) is 18.2 Å². The van der Waals surface area contributed by atoms with Gasteiger partial charge in [-0.05, 0) is 52.5 Å². The van der Waals surface area contributed by atoms with E-state index in [0.717, 1.165) is 62.3 Å². The van der Waals surface area contributed by atoms with E-state index in [4.69, 9.17) is 14.5 Å². The van der Waals surface area contributed by atoms with Crippen LogP contribution in [0, 0.1) is 5.92 Å². The summed E-state index contributed by atoms with van der Waals surface area (Å²) in [6.45, 7) is 12.8. The van der Waals surface area contributed by atoms with Crippen molar-refractivity contribution in [2.75, 3.05) is 58.4 Å². The third kappa shape index (κ3) is 7.57. The molecule has 7 nitrogen and oxygen atoms in total. The molecule has 2 atom stereocenters. The van der Waals surface area contributed by atoms with Gasteiger partial charge in [0.15, 0.2) is 5.96 Å². The van der Waals surface area contributed by atoms with Crippen molar-refractivity contribution in [3.8, 4) is 11.5 Å². The van der Waals surface area contributed by atoms with Gasteiger partial charge in [-0.3, -0.25) is 4.99 Å². The molecule has 2 aliphatic heterocycles. The van der Waals surface area contributed by atoms with Crippen molar-refractivity contribution < 1.29 is 9.47 Å². The predicted molar refractivity (Wildman–Crippen MR) is 144 cm³/mol. The molecule has 0 bridgehead atoms. The summed E-state index contributed by atoms with van der Waals surface area (Å²) in [6.07, 6.45) is 3.64. The molecule has 2 N–H and O–H groups in total. The third-order valence-corrected chi connectivity index (χ3v) is 6.36. The number of anilines is 1. The molecule has 0 aromatic heterocycles. The van der Waals surface area contributed by atoms with E-state index in [9.17, 15) is 0 Å². The molecule has 0 radical (unpaired) electrons. The number of rotatable bonds is 8. The van der Waals surface area contributed by atoms with E-state index in [-0.39, 0.29) is 24.0 Å². The molecule has 0 amide bonds. The first-order chi connectivity index (χ1) is 15.0. The molecule has 0 saturated carbocycles. The highest BCUT2D eigenvalue weighted by Gasteiger charge is 2.25. The van der Waals surface area contributed by atoms with Gasteiger partial charge < -0.3 is 29.9 Å². The number of halogens is 1. The number of ether oxygens (including phenoxy) is 2. The molecule has 3 rings (SSSR count). The zero-order chi connectivity index (χ0) is 22.2. The molecule has 2 unspecified atom stereocenters. The normalized spacial score (nSPS) is 21.9. The monoisotopic (exact) mass is 559 g/mol. The van der Waals surface area contributed by atoms with Crippen LogP contribution >= 0.6 is 24.0 Å². The molecule has 1 aromatic carbocycles. The van der Waals surface area contributed by atoms with Gasteiger partial charge in [-0.25, -0.2) is 0 Å². The van der Waals surface area contributed by atoms with Gasteiger partial charge in [0.25, 0.3) is 0 Å². The highest BCUT2D eigenvalue weighted by molar-refractivity contribution is 14.0. The number of aliphatic imine (C=N–C) groups is 1. The Kier molecular flexibility index (Phi) is 11.2. The van der Waals surface area contributed by atoms with Gasteiger partial charge in [0.2, 0.25) is 0 Å². The first-order valence-electron chi connectivity index (χ1n) is 11.8. The van der Waals surface area contributed by atoms with Crippen molar-refractivity contribution >= 4 is 35.6 Å². The smallest absolute Gasteiger partial charge is 0.191 e. The maximum Gasteiger partial charge on any atom is 0.191 e. The number of benzene rings is 1. The standard InChI is InChI=1S/C24H41N5O2.HI/c1-6-25-24(26-15-19-8-7-10-28(16-19)18(2)3)27-20-9-11-29(17-20)21-12-22(30-4)14-23(13-21)31-5;/h12-14,18-20H,6-11,15-17H2,1-5H3,(H2,25,26,27);1H. The molecule has 2 heterocycles. The number of guanidine groups is 1. The molecule has 1 aromatic rings. The third-order valence-electron chi connectivity index (χ3n) is 6.36. The summed E-state index contributed by atoms with van der Waals surface area (Å²) in [5.41, 5.74) is 1.14. The van der Waals surface area contributed by atoms with Crippen molar-refractivity contribution in [1.82, 2.24) is 15.5 Å². The van der Waals surface area contributed by atoms with Gasteiger partial charge in [-0.1, -0.05) is 0 Å². The topological polar surface area (TPSA) is 61.4 Å². The lowest BCUT2D eigenvalue weighted by Gasteiger charge is -2.35. The van der Waals surface area contributed by atoms with Crippen LogP contribution in [0.15, 0.2) is 23.2 Å². The molecular formula is C24H42IN5O2. The Balaban J connectivity index is 0.00000363. The molecule has 182 valence electrons. The minimum absolute atomic E-state index is 0. The summed E-state index contributed by atoms with van der Waals surface area (Å²) < 4.78 is 10.9. The van der Waals surface area contributed by atoms with E-state index in [1.54, 1.807) is 14.2 Å². The van der Waals surface area contributed by atoms with E-state index in [1.807, 2.05) is 6.07 Å². The minimum Gasteiger partial charge on any atom is -0.497 e. The van der Waals surface area contributed by atoms with Gasteiger partial charge in [0.1, 0.15) is 11.5 Å². The molecule has 32 heavy (non-hydrogen) atoms. The average molecular weight is 560 g/mol. The van der Waals surface area contributed by atoms with E-state index >= 15 is 0 Å². The Bertz CT molecular complexity index is 708. The number of methoxy groups -OCH3 is 2. The summed E-state index contributed by atoms with van der Waals surface area (Å²) in [6, 6.07) is 7.06. The summed E-state index contributed by atoms with van der Waals surface area (Å²) in [5, 5.41) is 7.11. The van der Waals surface area contributed by atoms with Crippen molar-refractivity contribution in [3.63, 3.8) is 0 Å². The Morgan fingerprint density at radius 3 is 2.44 bits per heavy atom. The summed E-state index contributed by atoms with van der Waals surface area (Å²) in [7, 11) is 3.39. The van der Waals surface area contributed by atoms with Crippen molar-refractivity contribution in [2.24, 2.45) is 10.9 Å². The van der Waals surface area contributed by atoms with Gasteiger partial charge >= 0.3 is 0 Å². The number of nitrogens with one attached hydrogen (secondary N) is 2. The molecule has 2 saturated heterocycles. The summed E-state index contributed by atoms with van der Waals surface area (Å²) in [5.74, 6) is 3.24. The number of piperidine rings is 1. The fourth-order valence-electron chi connectivity index (χ4n) is 4.54. The highest BCUT2D eigenvalue weighted by atomic mass is 127. The molecular weight excluding hydrogens is 517 g/mol. The average Bonchev–Trinajstić information content (AvgIpc) is 3.26. The molecule has 2 fully saturated rings. The van der Waals surface area contributed by atoms with E-state index in [0.29, 0.717) is 18.0 Å². The second-order valence-corrected chi connectivity index (χ2v) is 8.96. The lowest BCUT2D eigenvalue weighted by atomic mass is 9.97. The predicted octanol–water partition coefficient (Wildman–Crippen LogP) is 3.58. The van der Waals surface area contributed by atoms with Crippen LogP contribution < -0.4 is 25.0 Å². The van der Waals surface area contributed by atoms with Crippen LogP contribution in [0.4, 0.5) is 5.69 Å². The maximum atomic E-state index is 5.44. The number of nitrogens with zero attached hydrogens (tertiary/aromatic N) is 3. The van der Waals surface area contributed by atoms with Crippen LogP contribution in [0.5, 0.6) is 11.5 Å². The van der Waals surface area contributed by atoms with E-state index < -0.39 is 0 Å². The van der Waals surface area contributed by atoms with Crippen molar-refractivity contribution in [1.29, 1.82) is 0 Å². The zero-order valence-corrected chi connectivity index (χ0v) is 22.7. The number of likely N-dealkylation sites (tertiary alicyclic amines) is 1. The highest BCUT2D eigenvalue weighted by Crippen LogP contribution is 2.30. The lowest BCUT2D eigenvalue weighted by molar-refractivity contribution is 0.143. The quantitative estimate of drug-likeness (QED) is 0.289. The largest absolute Gasteiger partial charge is 0.497 e. The molecule has 2 aliphatic rings. The Labute approximate surface area is 211 Å². The Morgan fingerprint density at radius 1 is 1.09 bits per heavy atom. The second-order valence-electron chi connectivity index (χ2n) is 8.96. The molecule has 0 aliphatic carbocycles. The maximum absolute atomic E-state index is 5.44. The first-order valence-corrected chi connectivity index (χ1v) is 11.8. The van der Waals surface area contributed by atoms with Crippen molar-refractivity contribution in [2.45, 2.75) is 52.1 Å². The van der Waals surface area contributed by atoms with Crippen LogP contribution in [0.2, 0.25) is 0 Å². The van der Waals surface area contributed by atoms with Gasteiger partial charge in [0.05, 0.1) is 14.2 Å². The van der Waals surface area contributed by atoms with E-state index in [1.165, 1.54) is 19.4 Å². The fourth-order valence-corrected chi connectivity index (χ4v) is 4.54. The fraction of sp³-hybridized carbons (Fsp3) is 0.708. The van der Waals surface area contributed by atoms with Gasteiger partial charge in [-0.2, -0.15) is 0 Å². The summed E-state index contributed by atoms with van der Waals surface area (Å²) >= 11 is 0. The molecule has 8 heteroatoms. The number of hydrogen-bond donors (Lipinski definition) is 2. The SMILES string of the molecule is CCNC(=NCC1CCCN(C(C)C)C1)NC1CCN(c2cc(OC)cc(OC)c2)C1.I. The van der Waals surface area contributed by atoms with Crippen LogP contribution in [-0.4, -0.2) is 76.4 Å². The summed E-state index contributed by atoms with van der Waals surface area (Å²) in [4.78, 5) is 9.92.